The summed E-state index contributed by atoms with van der Waals surface area (Å²) in [5.74, 6) is -0.507. The van der Waals surface area contributed by atoms with Crippen LogP contribution in [0.4, 0.5) is 0 Å². The lowest BCUT2D eigenvalue weighted by Crippen LogP contribution is -2.16. The van der Waals surface area contributed by atoms with Crippen LogP contribution in [0.15, 0.2) is 72.8 Å². The Morgan fingerprint density at radius 3 is 2.29 bits per heavy atom. The minimum atomic E-state index is -0.433. The third-order valence-electron chi connectivity index (χ3n) is 4.14. The number of nitro groups is 1. The Hall–Kier alpha value is -3.01. The molecule has 0 N–H and O–H groups in total. The van der Waals surface area contributed by atoms with Crippen LogP contribution in [-0.4, -0.2) is 17.3 Å². The first-order chi connectivity index (χ1) is 11.6. The maximum Gasteiger partial charge on any atom is 0.211 e. The van der Waals surface area contributed by atoms with Crippen molar-refractivity contribution in [2.45, 2.75) is 12.3 Å². The number of rotatable bonds is 6. The Morgan fingerprint density at radius 2 is 1.58 bits per heavy atom. The van der Waals surface area contributed by atoms with E-state index < -0.39 is 5.92 Å². The van der Waals surface area contributed by atoms with Crippen LogP contribution in [0.2, 0.25) is 0 Å². The molecule has 0 saturated heterocycles. The van der Waals surface area contributed by atoms with Gasteiger partial charge in [-0.3, -0.25) is 14.9 Å². The summed E-state index contributed by atoms with van der Waals surface area (Å²) in [5.41, 5.74) is 1.42. The first-order valence-electron chi connectivity index (χ1n) is 7.82. The van der Waals surface area contributed by atoms with Crippen LogP contribution in [0.1, 0.15) is 28.3 Å². The Morgan fingerprint density at radius 1 is 0.917 bits per heavy atom. The van der Waals surface area contributed by atoms with Gasteiger partial charge in [-0.05, 0) is 16.3 Å². The van der Waals surface area contributed by atoms with E-state index in [1.165, 1.54) is 0 Å². The number of carbonyl (C=O) groups excluding carboxylic acids is 1. The molecule has 1 atom stereocenters. The summed E-state index contributed by atoms with van der Waals surface area (Å²) in [7, 11) is 0. The smallest absolute Gasteiger partial charge is 0.211 e. The van der Waals surface area contributed by atoms with E-state index in [1.807, 2.05) is 48.5 Å². The summed E-state index contributed by atoms with van der Waals surface area (Å²) in [5, 5.41) is 13.2. The van der Waals surface area contributed by atoms with Crippen LogP contribution < -0.4 is 0 Å². The Balaban J connectivity index is 1.90. The van der Waals surface area contributed by atoms with Crippen LogP contribution in [0.25, 0.3) is 10.8 Å². The van der Waals surface area contributed by atoms with Crippen LogP contribution in [0.3, 0.4) is 0 Å². The highest BCUT2D eigenvalue weighted by Gasteiger charge is 2.22. The van der Waals surface area contributed by atoms with Gasteiger partial charge in [-0.2, -0.15) is 0 Å². The minimum absolute atomic E-state index is 0.0735. The summed E-state index contributed by atoms with van der Waals surface area (Å²) in [4.78, 5) is 23.2. The molecular formula is C20H17NO3. The number of fused-ring (bicyclic) bond motifs is 1. The van der Waals surface area contributed by atoms with E-state index in [0.29, 0.717) is 5.56 Å². The van der Waals surface area contributed by atoms with Gasteiger partial charge in [0.1, 0.15) is 0 Å². The second-order valence-electron chi connectivity index (χ2n) is 5.81. The number of carbonyl (C=O) groups is 1. The second kappa shape index (κ2) is 7.04. The van der Waals surface area contributed by atoms with Gasteiger partial charge in [0, 0.05) is 16.9 Å². The highest BCUT2D eigenvalue weighted by atomic mass is 16.6. The van der Waals surface area contributed by atoms with Crippen LogP contribution in [0, 0.1) is 10.1 Å². The predicted molar refractivity (Wildman–Crippen MR) is 93.9 cm³/mol. The first kappa shape index (κ1) is 15.9. The Labute approximate surface area is 139 Å². The van der Waals surface area contributed by atoms with Gasteiger partial charge in [0.2, 0.25) is 6.54 Å². The fraction of sp³-hybridized carbons (Fsp3) is 0.150. The van der Waals surface area contributed by atoms with Crippen LogP contribution in [0.5, 0.6) is 0 Å². The van der Waals surface area contributed by atoms with E-state index in [-0.39, 0.29) is 23.7 Å². The van der Waals surface area contributed by atoms with E-state index in [9.17, 15) is 14.9 Å². The zero-order valence-electron chi connectivity index (χ0n) is 13.1. The summed E-state index contributed by atoms with van der Waals surface area (Å²) in [6.07, 6.45) is 0.128. The number of ketones is 1. The zero-order valence-corrected chi connectivity index (χ0v) is 13.1. The van der Waals surface area contributed by atoms with Crippen molar-refractivity contribution in [2.75, 3.05) is 6.54 Å². The average Bonchev–Trinajstić information content (AvgIpc) is 2.61. The van der Waals surface area contributed by atoms with Crippen LogP contribution >= 0.6 is 0 Å². The van der Waals surface area contributed by atoms with Gasteiger partial charge in [-0.1, -0.05) is 72.8 Å². The molecule has 0 aromatic heterocycles. The Bertz CT molecular complexity index is 874. The van der Waals surface area contributed by atoms with Crippen molar-refractivity contribution in [3.8, 4) is 0 Å². The van der Waals surface area contributed by atoms with E-state index in [1.54, 1.807) is 24.3 Å². The lowest BCUT2D eigenvalue weighted by Gasteiger charge is -2.13. The maximum absolute atomic E-state index is 12.5. The van der Waals surface area contributed by atoms with E-state index in [0.717, 1.165) is 16.3 Å². The molecule has 0 spiro atoms. The van der Waals surface area contributed by atoms with Crippen molar-refractivity contribution in [1.29, 1.82) is 0 Å². The van der Waals surface area contributed by atoms with Gasteiger partial charge in [0.15, 0.2) is 5.78 Å². The summed E-state index contributed by atoms with van der Waals surface area (Å²) < 4.78 is 0. The molecule has 24 heavy (non-hydrogen) atoms. The SMILES string of the molecule is O=C(CC(C[N+](=O)[O-])c1ccc2ccccc2c1)c1ccccc1. The molecule has 1 unspecified atom stereocenters. The molecule has 0 saturated carbocycles. The predicted octanol–water partition coefficient (Wildman–Crippen LogP) is 4.47. The van der Waals surface area contributed by atoms with Gasteiger partial charge in [-0.25, -0.2) is 0 Å². The van der Waals surface area contributed by atoms with Crippen molar-refractivity contribution in [1.82, 2.24) is 0 Å². The topological polar surface area (TPSA) is 60.2 Å². The fourth-order valence-corrected chi connectivity index (χ4v) is 2.90. The quantitative estimate of drug-likeness (QED) is 0.382. The van der Waals surface area contributed by atoms with Gasteiger partial charge in [0.25, 0.3) is 0 Å². The highest BCUT2D eigenvalue weighted by molar-refractivity contribution is 5.96. The van der Waals surface area contributed by atoms with Crippen molar-refractivity contribution in [2.24, 2.45) is 0 Å². The number of benzene rings is 3. The largest absolute Gasteiger partial charge is 0.294 e. The molecule has 4 heteroatoms. The zero-order chi connectivity index (χ0) is 16.9. The third kappa shape index (κ3) is 3.66. The van der Waals surface area contributed by atoms with Crippen LogP contribution in [-0.2, 0) is 0 Å². The van der Waals surface area contributed by atoms with E-state index in [2.05, 4.69) is 0 Å². The van der Waals surface area contributed by atoms with Crippen molar-refractivity contribution < 1.29 is 9.72 Å². The molecule has 0 aliphatic rings. The molecular weight excluding hydrogens is 302 g/mol. The van der Waals surface area contributed by atoms with E-state index in [4.69, 9.17) is 0 Å². The fourth-order valence-electron chi connectivity index (χ4n) is 2.90. The van der Waals surface area contributed by atoms with Crippen molar-refractivity contribution in [3.05, 3.63) is 94.0 Å². The lowest BCUT2D eigenvalue weighted by atomic mass is 9.90. The maximum atomic E-state index is 12.5. The van der Waals surface area contributed by atoms with Gasteiger partial charge in [-0.15, -0.1) is 0 Å². The molecule has 0 aliphatic carbocycles. The molecule has 0 heterocycles. The molecule has 120 valence electrons. The number of Topliss-reactive ketones (excluding diaryl/α,β-unsaturated/α-hetero) is 1. The van der Waals surface area contributed by atoms with Gasteiger partial charge in [0.05, 0.1) is 5.92 Å². The highest BCUT2D eigenvalue weighted by Crippen LogP contribution is 2.26. The normalized spacial score (nSPS) is 12.0. The van der Waals surface area contributed by atoms with Gasteiger partial charge >= 0.3 is 0 Å². The molecule has 0 amide bonds. The minimum Gasteiger partial charge on any atom is -0.294 e. The molecule has 3 aromatic rings. The molecule has 0 fully saturated rings. The van der Waals surface area contributed by atoms with Crippen molar-refractivity contribution >= 4 is 16.6 Å². The first-order valence-corrected chi connectivity index (χ1v) is 7.82. The standard InChI is InChI=1S/C20H17NO3/c22-20(16-7-2-1-3-8-16)13-19(14-21(23)24)18-11-10-15-6-4-5-9-17(15)12-18/h1-12,19H,13-14H2. The monoisotopic (exact) mass is 319 g/mol. The number of hydrogen-bond donors (Lipinski definition) is 0. The van der Waals surface area contributed by atoms with E-state index >= 15 is 0 Å². The number of hydrogen-bond acceptors (Lipinski definition) is 3. The summed E-state index contributed by atoms with van der Waals surface area (Å²) >= 11 is 0. The molecule has 0 radical (unpaired) electrons. The third-order valence-corrected chi connectivity index (χ3v) is 4.14. The number of nitrogens with zero attached hydrogens (tertiary/aromatic N) is 1. The molecule has 4 nitrogen and oxygen atoms in total. The summed E-state index contributed by atoms with van der Waals surface area (Å²) in [6.45, 7) is -0.253. The summed E-state index contributed by atoms with van der Waals surface area (Å²) in [6, 6.07) is 22.6. The van der Waals surface area contributed by atoms with Crippen molar-refractivity contribution in [3.63, 3.8) is 0 Å². The molecule has 3 aromatic carbocycles. The Kier molecular flexibility index (Phi) is 4.66. The average molecular weight is 319 g/mol. The van der Waals surface area contributed by atoms with Gasteiger partial charge < -0.3 is 0 Å². The lowest BCUT2D eigenvalue weighted by molar-refractivity contribution is -0.483. The second-order valence-corrected chi connectivity index (χ2v) is 5.81. The molecule has 3 rings (SSSR count). The molecule has 0 aliphatic heterocycles. The molecule has 0 bridgehead atoms.